The van der Waals surface area contributed by atoms with E-state index in [2.05, 4.69) is 15.3 Å². The van der Waals surface area contributed by atoms with Gasteiger partial charge in [-0.05, 0) is 19.8 Å². The van der Waals surface area contributed by atoms with Gasteiger partial charge in [-0.25, -0.2) is 9.97 Å². The van der Waals surface area contributed by atoms with Crippen LogP contribution in [-0.4, -0.2) is 20.4 Å². The number of hydrogen-bond donors (Lipinski definition) is 1. The number of hydrogen-bond acceptors (Lipinski definition) is 5. The molecule has 118 valence electrons. The zero-order valence-electron chi connectivity index (χ0n) is 13.2. The van der Waals surface area contributed by atoms with Crippen LogP contribution in [0.3, 0.4) is 0 Å². The maximum Gasteiger partial charge on any atom is 0.254 e. The number of thiazole rings is 1. The second-order valence-corrected chi connectivity index (χ2v) is 6.74. The van der Waals surface area contributed by atoms with Crippen LogP contribution in [0, 0.1) is 13.8 Å². The van der Waals surface area contributed by atoms with E-state index in [1.165, 1.54) is 17.0 Å². The Labute approximate surface area is 133 Å². The van der Waals surface area contributed by atoms with E-state index in [1.807, 2.05) is 27.7 Å². The summed E-state index contributed by atoms with van der Waals surface area (Å²) in [6.07, 6.45) is 1.43. The monoisotopic (exact) mass is 320 g/mol. The molecule has 22 heavy (non-hydrogen) atoms. The standard InChI is InChI=1S/C15H20N4O2S/c1-9(2)12-5-15(21)19(8-17-12)7-14(20)16-6-13-10(3)18-11(4)22-13/h5,8-9H,6-7H2,1-4H3,(H,16,20). The molecule has 0 saturated carbocycles. The molecular weight excluding hydrogens is 300 g/mol. The van der Waals surface area contributed by atoms with Crippen LogP contribution in [0.2, 0.25) is 0 Å². The van der Waals surface area contributed by atoms with Gasteiger partial charge in [0.1, 0.15) is 6.54 Å². The van der Waals surface area contributed by atoms with Crippen molar-refractivity contribution in [2.24, 2.45) is 0 Å². The summed E-state index contributed by atoms with van der Waals surface area (Å²) in [6.45, 7) is 8.20. The number of aryl methyl sites for hydroxylation is 2. The Morgan fingerprint density at radius 2 is 2.14 bits per heavy atom. The first-order chi connectivity index (χ1) is 10.4. The molecule has 2 heterocycles. The summed E-state index contributed by atoms with van der Waals surface area (Å²) in [6, 6.07) is 1.48. The van der Waals surface area contributed by atoms with Crippen LogP contribution in [0.4, 0.5) is 0 Å². The van der Waals surface area contributed by atoms with Crippen molar-refractivity contribution < 1.29 is 4.79 Å². The SMILES string of the molecule is Cc1nc(C)c(CNC(=O)Cn2cnc(C(C)C)cc2=O)s1. The summed E-state index contributed by atoms with van der Waals surface area (Å²) < 4.78 is 1.31. The lowest BCUT2D eigenvalue weighted by atomic mass is 10.1. The summed E-state index contributed by atoms with van der Waals surface area (Å²) in [5.41, 5.74) is 1.46. The molecular formula is C15H20N4O2S. The van der Waals surface area contributed by atoms with Crippen LogP contribution in [-0.2, 0) is 17.9 Å². The summed E-state index contributed by atoms with van der Waals surface area (Å²) in [7, 11) is 0. The van der Waals surface area contributed by atoms with Gasteiger partial charge in [0.2, 0.25) is 5.91 Å². The molecule has 0 unspecified atom stereocenters. The Hall–Kier alpha value is -2.02. The van der Waals surface area contributed by atoms with Crippen molar-refractivity contribution in [3.63, 3.8) is 0 Å². The van der Waals surface area contributed by atoms with Gasteiger partial charge in [0, 0.05) is 10.9 Å². The minimum Gasteiger partial charge on any atom is -0.350 e. The van der Waals surface area contributed by atoms with Crippen LogP contribution < -0.4 is 10.9 Å². The van der Waals surface area contributed by atoms with Gasteiger partial charge in [-0.3, -0.25) is 14.2 Å². The lowest BCUT2D eigenvalue weighted by molar-refractivity contribution is -0.121. The van der Waals surface area contributed by atoms with Gasteiger partial charge >= 0.3 is 0 Å². The second kappa shape index (κ2) is 6.83. The number of carbonyl (C=O) groups is 1. The zero-order chi connectivity index (χ0) is 16.3. The molecule has 2 aromatic heterocycles. The van der Waals surface area contributed by atoms with Crippen LogP contribution >= 0.6 is 11.3 Å². The van der Waals surface area contributed by atoms with E-state index in [-0.39, 0.29) is 23.9 Å². The van der Waals surface area contributed by atoms with Gasteiger partial charge in [-0.2, -0.15) is 0 Å². The highest BCUT2D eigenvalue weighted by molar-refractivity contribution is 7.11. The predicted molar refractivity (Wildman–Crippen MR) is 86.0 cm³/mol. The number of rotatable bonds is 5. The van der Waals surface area contributed by atoms with E-state index in [4.69, 9.17) is 0 Å². The van der Waals surface area contributed by atoms with Crippen molar-refractivity contribution in [1.82, 2.24) is 19.9 Å². The van der Waals surface area contributed by atoms with Gasteiger partial charge in [0.25, 0.3) is 5.56 Å². The third-order valence-corrected chi connectivity index (χ3v) is 4.32. The molecule has 0 saturated heterocycles. The van der Waals surface area contributed by atoms with Crippen molar-refractivity contribution in [3.8, 4) is 0 Å². The molecule has 0 spiro atoms. The quantitative estimate of drug-likeness (QED) is 0.910. The normalized spacial score (nSPS) is 11.0. The lowest BCUT2D eigenvalue weighted by Gasteiger charge is -2.08. The molecule has 2 aromatic rings. The predicted octanol–water partition coefficient (Wildman–Crippen LogP) is 1.76. The van der Waals surface area contributed by atoms with Gasteiger partial charge in [0.15, 0.2) is 0 Å². The molecule has 0 aromatic carbocycles. The van der Waals surface area contributed by atoms with Crippen molar-refractivity contribution in [3.05, 3.63) is 44.0 Å². The molecule has 0 aliphatic carbocycles. The van der Waals surface area contributed by atoms with Crippen LogP contribution in [0.25, 0.3) is 0 Å². The summed E-state index contributed by atoms with van der Waals surface area (Å²) in [5.74, 6) is -0.0274. The Morgan fingerprint density at radius 3 is 2.68 bits per heavy atom. The van der Waals surface area contributed by atoms with Crippen molar-refractivity contribution in [2.75, 3.05) is 0 Å². The van der Waals surface area contributed by atoms with E-state index in [0.29, 0.717) is 6.54 Å². The maximum atomic E-state index is 12.0. The molecule has 0 aliphatic heterocycles. The van der Waals surface area contributed by atoms with Gasteiger partial charge in [-0.1, -0.05) is 13.8 Å². The smallest absolute Gasteiger partial charge is 0.254 e. The number of aromatic nitrogens is 3. The largest absolute Gasteiger partial charge is 0.350 e. The molecule has 1 amide bonds. The Bertz CT molecular complexity index is 733. The van der Waals surface area contributed by atoms with E-state index in [0.717, 1.165) is 21.3 Å². The highest BCUT2D eigenvalue weighted by atomic mass is 32.1. The highest BCUT2D eigenvalue weighted by Crippen LogP contribution is 2.16. The fraction of sp³-hybridized carbons (Fsp3) is 0.467. The molecule has 1 N–H and O–H groups in total. The Balaban J connectivity index is 1.97. The van der Waals surface area contributed by atoms with Crippen molar-refractivity contribution >= 4 is 17.2 Å². The van der Waals surface area contributed by atoms with E-state index in [1.54, 1.807) is 11.3 Å². The maximum absolute atomic E-state index is 12.0. The molecule has 7 heteroatoms. The first-order valence-corrected chi connectivity index (χ1v) is 7.94. The molecule has 0 atom stereocenters. The number of nitrogens with zero attached hydrogens (tertiary/aromatic N) is 3. The van der Waals surface area contributed by atoms with E-state index in [9.17, 15) is 9.59 Å². The van der Waals surface area contributed by atoms with E-state index < -0.39 is 0 Å². The summed E-state index contributed by atoms with van der Waals surface area (Å²) >= 11 is 1.56. The highest BCUT2D eigenvalue weighted by Gasteiger charge is 2.09. The molecule has 6 nitrogen and oxygen atoms in total. The molecule has 0 radical (unpaired) electrons. The molecule has 2 rings (SSSR count). The average molecular weight is 320 g/mol. The minimum absolute atomic E-state index is 0.0267. The third-order valence-electron chi connectivity index (χ3n) is 3.25. The lowest BCUT2D eigenvalue weighted by Crippen LogP contribution is -2.32. The molecule has 0 fully saturated rings. The van der Waals surface area contributed by atoms with E-state index >= 15 is 0 Å². The van der Waals surface area contributed by atoms with Crippen LogP contribution in [0.15, 0.2) is 17.2 Å². The third kappa shape index (κ3) is 4.00. The van der Waals surface area contributed by atoms with Gasteiger partial charge in [0.05, 0.1) is 29.3 Å². The number of nitrogens with one attached hydrogen (secondary N) is 1. The number of amides is 1. The Morgan fingerprint density at radius 1 is 1.41 bits per heavy atom. The van der Waals surface area contributed by atoms with Gasteiger partial charge < -0.3 is 5.32 Å². The van der Waals surface area contributed by atoms with Crippen molar-refractivity contribution in [1.29, 1.82) is 0 Å². The number of carbonyl (C=O) groups excluding carboxylic acids is 1. The summed E-state index contributed by atoms with van der Waals surface area (Å²) in [4.78, 5) is 33.5. The van der Waals surface area contributed by atoms with Crippen molar-refractivity contribution in [2.45, 2.75) is 46.7 Å². The minimum atomic E-state index is -0.216. The summed E-state index contributed by atoms with van der Waals surface area (Å²) in [5, 5.41) is 3.79. The van der Waals surface area contributed by atoms with Crippen LogP contribution in [0.1, 0.15) is 41.0 Å². The average Bonchev–Trinajstić information content (AvgIpc) is 2.76. The first kappa shape index (κ1) is 16.4. The molecule has 0 aliphatic rings. The fourth-order valence-corrected chi connectivity index (χ4v) is 2.88. The second-order valence-electron chi connectivity index (χ2n) is 5.45. The molecule has 0 bridgehead atoms. The fourth-order valence-electron chi connectivity index (χ4n) is 2.00. The topological polar surface area (TPSA) is 76.9 Å². The van der Waals surface area contributed by atoms with Crippen LogP contribution in [0.5, 0.6) is 0 Å². The van der Waals surface area contributed by atoms with Gasteiger partial charge in [-0.15, -0.1) is 11.3 Å². The Kier molecular flexibility index (Phi) is 5.07. The first-order valence-electron chi connectivity index (χ1n) is 7.12. The zero-order valence-corrected chi connectivity index (χ0v) is 14.0.